The average molecular weight is 239 g/mol. The first-order chi connectivity index (χ1) is 8.11. The van der Waals surface area contributed by atoms with E-state index in [0.29, 0.717) is 6.04 Å². The van der Waals surface area contributed by atoms with Crippen LogP contribution in [0.5, 0.6) is 5.75 Å². The average Bonchev–Trinajstić information content (AvgIpc) is 2.72. The fourth-order valence-electron chi connectivity index (χ4n) is 1.65. The van der Waals surface area contributed by atoms with E-state index < -0.39 is 0 Å². The van der Waals surface area contributed by atoms with Gasteiger partial charge in [-0.25, -0.2) is 0 Å². The molecule has 0 fully saturated rings. The fraction of sp³-hybridized carbons (Fsp3) is 0.769. The van der Waals surface area contributed by atoms with Crippen molar-refractivity contribution in [3.05, 3.63) is 12.4 Å². The molecule has 1 aromatic heterocycles. The Hall–Kier alpha value is -1.03. The monoisotopic (exact) mass is 239 g/mol. The van der Waals surface area contributed by atoms with Gasteiger partial charge in [-0.3, -0.25) is 4.68 Å². The maximum Gasteiger partial charge on any atom is 0.157 e. The third-order valence-corrected chi connectivity index (χ3v) is 2.61. The molecule has 1 unspecified atom stereocenters. The molecular formula is C13H25N3O. The van der Waals surface area contributed by atoms with E-state index >= 15 is 0 Å². The van der Waals surface area contributed by atoms with Crippen molar-refractivity contribution in [1.29, 1.82) is 0 Å². The number of hydrogen-bond acceptors (Lipinski definition) is 3. The summed E-state index contributed by atoms with van der Waals surface area (Å²) in [5.74, 6) is 0.871. The van der Waals surface area contributed by atoms with E-state index in [-0.39, 0.29) is 6.10 Å². The minimum Gasteiger partial charge on any atom is -0.487 e. The molecule has 0 aliphatic rings. The van der Waals surface area contributed by atoms with E-state index in [1.807, 2.05) is 10.9 Å². The molecule has 98 valence electrons. The Labute approximate surface area is 104 Å². The molecule has 4 nitrogen and oxygen atoms in total. The molecule has 1 aromatic rings. The standard InChI is InChI=1S/C13H25N3O/c1-5-16-10-13(9-15-16)17-12(4)7-6-8-14-11(2)3/h9-12,14H,5-8H2,1-4H3. The summed E-state index contributed by atoms with van der Waals surface area (Å²) in [7, 11) is 0. The molecule has 0 saturated heterocycles. The van der Waals surface area contributed by atoms with Gasteiger partial charge in [0.1, 0.15) is 0 Å². The van der Waals surface area contributed by atoms with Gasteiger partial charge in [-0.1, -0.05) is 13.8 Å². The van der Waals surface area contributed by atoms with Crippen molar-refractivity contribution in [2.45, 2.75) is 59.2 Å². The number of hydrogen-bond donors (Lipinski definition) is 1. The Morgan fingerprint density at radius 1 is 1.41 bits per heavy atom. The molecular weight excluding hydrogens is 214 g/mol. The lowest BCUT2D eigenvalue weighted by Crippen LogP contribution is -2.24. The number of aryl methyl sites for hydroxylation is 1. The van der Waals surface area contributed by atoms with Gasteiger partial charge in [0.05, 0.1) is 18.5 Å². The van der Waals surface area contributed by atoms with Gasteiger partial charge in [-0.2, -0.15) is 5.10 Å². The fourth-order valence-corrected chi connectivity index (χ4v) is 1.65. The largest absolute Gasteiger partial charge is 0.487 e. The Kier molecular flexibility index (Phi) is 6.05. The van der Waals surface area contributed by atoms with Crippen molar-refractivity contribution in [2.24, 2.45) is 0 Å². The molecule has 1 N–H and O–H groups in total. The molecule has 1 rings (SSSR count). The van der Waals surface area contributed by atoms with Gasteiger partial charge in [0, 0.05) is 12.6 Å². The number of rotatable bonds is 8. The summed E-state index contributed by atoms with van der Waals surface area (Å²) in [6.45, 7) is 10.4. The maximum absolute atomic E-state index is 5.79. The summed E-state index contributed by atoms with van der Waals surface area (Å²) in [5, 5.41) is 7.59. The zero-order chi connectivity index (χ0) is 12.7. The minimum atomic E-state index is 0.249. The van der Waals surface area contributed by atoms with Crippen LogP contribution in [0.2, 0.25) is 0 Å². The molecule has 1 atom stereocenters. The van der Waals surface area contributed by atoms with Gasteiger partial charge >= 0.3 is 0 Å². The normalized spacial score (nSPS) is 13.0. The Balaban J connectivity index is 2.18. The molecule has 0 aliphatic carbocycles. The van der Waals surface area contributed by atoms with Crippen LogP contribution >= 0.6 is 0 Å². The third-order valence-electron chi connectivity index (χ3n) is 2.61. The van der Waals surface area contributed by atoms with Crippen molar-refractivity contribution >= 4 is 0 Å². The van der Waals surface area contributed by atoms with Crippen molar-refractivity contribution in [2.75, 3.05) is 6.54 Å². The lowest BCUT2D eigenvalue weighted by atomic mass is 10.2. The zero-order valence-corrected chi connectivity index (χ0v) is 11.4. The molecule has 0 saturated carbocycles. The van der Waals surface area contributed by atoms with Crippen LogP contribution in [0.3, 0.4) is 0 Å². The van der Waals surface area contributed by atoms with E-state index in [9.17, 15) is 0 Å². The molecule has 0 radical (unpaired) electrons. The van der Waals surface area contributed by atoms with Crippen molar-refractivity contribution in [3.63, 3.8) is 0 Å². The molecule has 4 heteroatoms. The molecule has 0 aromatic carbocycles. The number of aromatic nitrogens is 2. The lowest BCUT2D eigenvalue weighted by Gasteiger charge is -2.14. The van der Waals surface area contributed by atoms with Gasteiger partial charge in [-0.05, 0) is 33.2 Å². The summed E-state index contributed by atoms with van der Waals surface area (Å²) < 4.78 is 7.67. The summed E-state index contributed by atoms with van der Waals surface area (Å²) >= 11 is 0. The van der Waals surface area contributed by atoms with Crippen LogP contribution in [0.4, 0.5) is 0 Å². The Morgan fingerprint density at radius 2 is 2.18 bits per heavy atom. The topological polar surface area (TPSA) is 39.1 Å². The second-order valence-corrected chi connectivity index (χ2v) is 4.71. The number of ether oxygens (including phenoxy) is 1. The van der Waals surface area contributed by atoms with Gasteiger partial charge in [0.15, 0.2) is 5.75 Å². The van der Waals surface area contributed by atoms with E-state index in [1.165, 1.54) is 0 Å². The number of nitrogens with zero attached hydrogens (tertiary/aromatic N) is 2. The minimum absolute atomic E-state index is 0.249. The third kappa shape index (κ3) is 5.73. The SMILES string of the molecule is CCn1cc(OC(C)CCCNC(C)C)cn1. The van der Waals surface area contributed by atoms with E-state index in [0.717, 1.165) is 31.7 Å². The van der Waals surface area contributed by atoms with E-state index in [4.69, 9.17) is 4.74 Å². The molecule has 17 heavy (non-hydrogen) atoms. The van der Waals surface area contributed by atoms with Crippen LogP contribution in [-0.4, -0.2) is 28.5 Å². The number of nitrogens with one attached hydrogen (secondary N) is 1. The Morgan fingerprint density at radius 3 is 2.76 bits per heavy atom. The lowest BCUT2D eigenvalue weighted by molar-refractivity contribution is 0.207. The predicted molar refractivity (Wildman–Crippen MR) is 70.4 cm³/mol. The quantitative estimate of drug-likeness (QED) is 0.708. The van der Waals surface area contributed by atoms with Crippen LogP contribution in [0.25, 0.3) is 0 Å². The highest BCUT2D eigenvalue weighted by Crippen LogP contribution is 2.12. The molecule has 0 aliphatic heterocycles. The summed E-state index contributed by atoms with van der Waals surface area (Å²) in [6, 6.07) is 0.564. The van der Waals surface area contributed by atoms with Gasteiger partial charge in [0.25, 0.3) is 0 Å². The second-order valence-electron chi connectivity index (χ2n) is 4.71. The highest BCUT2D eigenvalue weighted by molar-refractivity contribution is 5.11. The van der Waals surface area contributed by atoms with E-state index in [2.05, 4.69) is 38.1 Å². The first-order valence-corrected chi connectivity index (χ1v) is 6.54. The zero-order valence-electron chi connectivity index (χ0n) is 11.4. The molecule has 0 spiro atoms. The Bertz CT molecular complexity index is 309. The summed E-state index contributed by atoms with van der Waals surface area (Å²) in [6.07, 6.45) is 6.19. The van der Waals surface area contributed by atoms with Gasteiger partial charge in [-0.15, -0.1) is 0 Å². The molecule has 0 bridgehead atoms. The van der Waals surface area contributed by atoms with Crippen molar-refractivity contribution in [3.8, 4) is 5.75 Å². The summed E-state index contributed by atoms with van der Waals surface area (Å²) in [4.78, 5) is 0. The predicted octanol–water partition coefficient (Wildman–Crippen LogP) is 2.45. The van der Waals surface area contributed by atoms with Crippen LogP contribution in [0, 0.1) is 0 Å². The first kappa shape index (κ1) is 14.0. The van der Waals surface area contributed by atoms with E-state index in [1.54, 1.807) is 6.20 Å². The maximum atomic E-state index is 5.79. The van der Waals surface area contributed by atoms with Crippen LogP contribution < -0.4 is 10.1 Å². The van der Waals surface area contributed by atoms with Crippen LogP contribution in [-0.2, 0) is 6.54 Å². The molecule has 1 heterocycles. The van der Waals surface area contributed by atoms with Crippen LogP contribution in [0.1, 0.15) is 40.5 Å². The van der Waals surface area contributed by atoms with Gasteiger partial charge in [0.2, 0.25) is 0 Å². The van der Waals surface area contributed by atoms with Crippen molar-refractivity contribution < 1.29 is 4.74 Å². The van der Waals surface area contributed by atoms with Crippen LogP contribution in [0.15, 0.2) is 12.4 Å². The summed E-state index contributed by atoms with van der Waals surface area (Å²) in [5.41, 5.74) is 0. The van der Waals surface area contributed by atoms with Gasteiger partial charge < -0.3 is 10.1 Å². The first-order valence-electron chi connectivity index (χ1n) is 6.54. The molecule has 0 amide bonds. The second kappa shape index (κ2) is 7.33. The highest BCUT2D eigenvalue weighted by atomic mass is 16.5. The van der Waals surface area contributed by atoms with Crippen molar-refractivity contribution in [1.82, 2.24) is 15.1 Å². The smallest absolute Gasteiger partial charge is 0.157 e. The highest BCUT2D eigenvalue weighted by Gasteiger charge is 2.05.